The van der Waals surface area contributed by atoms with E-state index >= 15 is 0 Å². The van der Waals surface area contributed by atoms with E-state index in [4.69, 9.17) is 10.5 Å². The first-order chi connectivity index (χ1) is 5.40. The quantitative estimate of drug-likeness (QED) is 0.713. The number of rotatable bonds is 3. The standard InChI is InChI=1S/C8H15F2NO/c1-3-12-6(2)7(11)4-8(9,10)5-7/h6H,3-5,11H2,1-2H3. The highest BCUT2D eigenvalue weighted by Gasteiger charge is 2.57. The highest BCUT2D eigenvalue weighted by molar-refractivity contribution is 5.07. The molecule has 0 radical (unpaired) electrons. The molecule has 0 saturated heterocycles. The largest absolute Gasteiger partial charge is 0.377 e. The Hall–Kier alpha value is -0.220. The van der Waals surface area contributed by atoms with Crippen molar-refractivity contribution in [3.05, 3.63) is 0 Å². The molecule has 0 spiro atoms. The summed E-state index contributed by atoms with van der Waals surface area (Å²) in [5.41, 5.74) is 4.90. The van der Waals surface area contributed by atoms with Gasteiger partial charge in [-0.05, 0) is 13.8 Å². The molecule has 1 unspecified atom stereocenters. The molecule has 1 saturated carbocycles. The maximum atomic E-state index is 12.5. The van der Waals surface area contributed by atoms with E-state index in [2.05, 4.69) is 0 Å². The second-order valence-electron chi connectivity index (χ2n) is 3.54. The van der Waals surface area contributed by atoms with Crippen LogP contribution in [0, 0.1) is 0 Å². The molecule has 0 aromatic rings. The van der Waals surface area contributed by atoms with Gasteiger partial charge >= 0.3 is 0 Å². The van der Waals surface area contributed by atoms with Gasteiger partial charge in [-0.25, -0.2) is 8.78 Å². The van der Waals surface area contributed by atoms with Crippen molar-refractivity contribution in [2.45, 2.75) is 44.3 Å². The van der Waals surface area contributed by atoms with Crippen molar-refractivity contribution in [1.29, 1.82) is 0 Å². The van der Waals surface area contributed by atoms with E-state index in [0.717, 1.165) is 0 Å². The van der Waals surface area contributed by atoms with Crippen LogP contribution in [-0.2, 0) is 4.74 Å². The van der Waals surface area contributed by atoms with E-state index in [-0.39, 0.29) is 18.9 Å². The summed E-state index contributed by atoms with van der Waals surface area (Å²) in [5.74, 6) is -2.57. The SMILES string of the molecule is CCOC(C)C1(N)CC(F)(F)C1. The van der Waals surface area contributed by atoms with Crippen molar-refractivity contribution in [2.75, 3.05) is 6.61 Å². The average molecular weight is 179 g/mol. The van der Waals surface area contributed by atoms with Gasteiger partial charge in [-0.1, -0.05) is 0 Å². The fourth-order valence-electron chi connectivity index (χ4n) is 1.61. The number of hydrogen-bond donors (Lipinski definition) is 1. The van der Waals surface area contributed by atoms with Crippen LogP contribution >= 0.6 is 0 Å². The van der Waals surface area contributed by atoms with Gasteiger partial charge < -0.3 is 10.5 Å². The van der Waals surface area contributed by atoms with E-state index < -0.39 is 11.5 Å². The van der Waals surface area contributed by atoms with Gasteiger partial charge in [-0.3, -0.25) is 0 Å². The molecule has 0 bridgehead atoms. The predicted octanol–water partition coefficient (Wildman–Crippen LogP) is 1.54. The molecule has 1 aliphatic carbocycles. The fraction of sp³-hybridized carbons (Fsp3) is 1.00. The summed E-state index contributed by atoms with van der Waals surface area (Å²) in [4.78, 5) is 0. The molecular formula is C8H15F2NO. The first kappa shape index (κ1) is 9.86. The summed E-state index contributed by atoms with van der Waals surface area (Å²) < 4.78 is 30.2. The lowest BCUT2D eigenvalue weighted by Gasteiger charge is -2.47. The van der Waals surface area contributed by atoms with Crippen molar-refractivity contribution in [1.82, 2.24) is 0 Å². The van der Waals surface area contributed by atoms with Crippen LogP contribution in [0.1, 0.15) is 26.7 Å². The summed E-state index contributed by atoms with van der Waals surface area (Å²) in [6.07, 6.45) is -0.773. The minimum Gasteiger partial charge on any atom is -0.377 e. The van der Waals surface area contributed by atoms with E-state index in [1.165, 1.54) is 0 Å². The summed E-state index contributed by atoms with van der Waals surface area (Å²) in [5, 5.41) is 0. The Bertz CT molecular complexity index is 164. The zero-order valence-corrected chi connectivity index (χ0v) is 7.44. The van der Waals surface area contributed by atoms with Crippen molar-refractivity contribution >= 4 is 0 Å². The highest BCUT2D eigenvalue weighted by Crippen LogP contribution is 2.46. The van der Waals surface area contributed by atoms with Gasteiger partial charge in [0.25, 0.3) is 5.92 Å². The number of ether oxygens (including phenoxy) is 1. The van der Waals surface area contributed by atoms with Gasteiger partial charge in [0.1, 0.15) is 0 Å². The van der Waals surface area contributed by atoms with Gasteiger partial charge in [0.15, 0.2) is 0 Å². The van der Waals surface area contributed by atoms with Crippen molar-refractivity contribution in [3.63, 3.8) is 0 Å². The van der Waals surface area contributed by atoms with Crippen LogP contribution in [-0.4, -0.2) is 24.2 Å². The van der Waals surface area contributed by atoms with Gasteiger partial charge in [0.05, 0.1) is 11.6 Å². The van der Waals surface area contributed by atoms with Crippen LogP contribution in [0.3, 0.4) is 0 Å². The second kappa shape index (κ2) is 2.92. The van der Waals surface area contributed by atoms with Gasteiger partial charge in [0, 0.05) is 19.4 Å². The molecule has 0 aliphatic heterocycles. The summed E-state index contributed by atoms with van der Waals surface area (Å²) in [6, 6.07) is 0. The first-order valence-electron chi connectivity index (χ1n) is 4.18. The van der Waals surface area contributed by atoms with Crippen molar-refractivity contribution < 1.29 is 13.5 Å². The maximum absolute atomic E-state index is 12.5. The molecule has 0 amide bonds. The van der Waals surface area contributed by atoms with Gasteiger partial charge in [-0.15, -0.1) is 0 Å². The zero-order valence-electron chi connectivity index (χ0n) is 7.44. The Labute approximate surface area is 71.1 Å². The van der Waals surface area contributed by atoms with Crippen molar-refractivity contribution in [2.24, 2.45) is 5.73 Å². The molecule has 1 aliphatic rings. The predicted molar refractivity (Wildman–Crippen MR) is 42.2 cm³/mol. The van der Waals surface area contributed by atoms with Gasteiger partial charge in [-0.2, -0.15) is 0 Å². The highest BCUT2D eigenvalue weighted by atomic mass is 19.3. The van der Waals surface area contributed by atoms with Crippen molar-refractivity contribution in [3.8, 4) is 0 Å². The minimum absolute atomic E-state index is 0.249. The van der Waals surface area contributed by atoms with E-state index in [0.29, 0.717) is 6.61 Å². The van der Waals surface area contributed by atoms with Crippen LogP contribution in [0.4, 0.5) is 8.78 Å². The van der Waals surface area contributed by atoms with Crippen LogP contribution in [0.15, 0.2) is 0 Å². The molecule has 0 aromatic carbocycles. The van der Waals surface area contributed by atoms with E-state index in [1.807, 2.05) is 6.92 Å². The smallest absolute Gasteiger partial charge is 0.251 e. The fourth-order valence-corrected chi connectivity index (χ4v) is 1.61. The molecule has 1 rings (SSSR count). The Morgan fingerprint density at radius 2 is 2.00 bits per heavy atom. The molecule has 4 heteroatoms. The van der Waals surface area contributed by atoms with Crippen LogP contribution < -0.4 is 5.73 Å². The molecule has 72 valence electrons. The molecule has 2 N–H and O–H groups in total. The van der Waals surface area contributed by atoms with E-state index in [9.17, 15) is 8.78 Å². The van der Waals surface area contributed by atoms with Crippen LogP contribution in [0.5, 0.6) is 0 Å². The second-order valence-corrected chi connectivity index (χ2v) is 3.54. The molecular weight excluding hydrogens is 164 g/mol. The third kappa shape index (κ3) is 1.75. The zero-order chi connectivity index (χ0) is 9.41. The summed E-state index contributed by atoms with van der Waals surface area (Å²) >= 11 is 0. The molecule has 0 heterocycles. The number of halogens is 2. The lowest BCUT2D eigenvalue weighted by Crippen LogP contribution is -2.64. The van der Waals surface area contributed by atoms with Crippen LogP contribution in [0.25, 0.3) is 0 Å². The molecule has 2 nitrogen and oxygen atoms in total. The molecule has 12 heavy (non-hydrogen) atoms. The topological polar surface area (TPSA) is 35.2 Å². The lowest BCUT2D eigenvalue weighted by atomic mass is 9.71. The molecule has 1 atom stereocenters. The normalized spacial score (nSPS) is 27.8. The molecule has 1 fully saturated rings. The Balaban J connectivity index is 2.43. The number of hydrogen-bond acceptors (Lipinski definition) is 2. The Kier molecular flexibility index (Phi) is 2.40. The summed E-state index contributed by atoms with van der Waals surface area (Å²) in [7, 11) is 0. The number of nitrogens with two attached hydrogens (primary N) is 1. The van der Waals surface area contributed by atoms with E-state index in [1.54, 1.807) is 6.92 Å². The maximum Gasteiger partial charge on any atom is 0.251 e. The Morgan fingerprint density at radius 1 is 1.50 bits per heavy atom. The monoisotopic (exact) mass is 179 g/mol. The van der Waals surface area contributed by atoms with Gasteiger partial charge in [0.2, 0.25) is 0 Å². The third-order valence-electron chi connectivity index (χ3n) is 2.40. The lowest BCUT2D eigenvalue weighted by molar-refractivity contribution is -0.161. The van der Waals surface area contributed by atoms with Crippen LogP contribution in [0.2, 0.25) is 0 Å². The first-order valence-corrected chi connectivity index (χ1v) is 4.18. The minimum atomic E-state index is -2.57. The Morgan fingerprint density at radius 3 is 2.33 bits per heavy atom. The number of alkyl halides is 2. The molecule has 0 aromatic heterocycles. The third-order valence-corrected chi connectivity index (χ3v) is 2.40. The summed E-state index contributed by atoms with van der Waals surface area (Å²) in [6.45, 7) is 4.10. The average Bonchev–Trinajstić information content (AvgIpc) is 1.83.